The summed E-state index contributed by atoms with van der Waals surface area (Å²) in [6.07, 6.45) is 1.54. The molecule has 0 atom stereocenters. The molecule has 0 unspecified atom stereocenters. The van der Waals surface area contributed by atoms with Crippen molar-refractivity contribution >= 4 is 0 Å². The molecule has 0 spiro atoms. The topological polar surface area (TPSA) is 49.5 Å². The molecule has 118 valence electrons. The van der Waals surface area contributed by atoms with Crippen LogP contribution in [0.1, 0.15) is 11.3 Å². The summed E-state index contributed by atoms with van der Waals surface area (Å²) in [4.78, 5) is 2.03. The molecule has 0 aliphatic heterocycles. The van der Waals surface area contributed by atoms with Crippen LogP contribution >= 0.6 is 0 Å². The van der Waals surface area contributed by atoms with E-state index in [0.29, 0.717) is 13.1 Å². The van der Waals surface area contributed by atoms with Crippen molar-refractivity contribution in [1.82, 2.24) is 10.1 Å². The van der Waals surface area contributed by atoms with Crippen molar-refractivity contribution in [3.05, 3.63) is 71.9 Å². The monoisotopic (exact) mass is 312 g/mol. The highest BCUT2D eigenvalue weighted by Crippen LogP contribution is 2.27. The molecule has 0 aliphatic carbocycles. The van der Waals surface area contributed by atoms with Crippen LogP contribution in [0.25, 0.3) is 11.1 Å². The minimum absolute atomic E-state index is 0.239. The molecule has 1 N–H and O–H groups in total. The van der Waals surface area contributed by atoms with Gasteiger partial charge in [-0.25, -0.2) is 4.39 Å². The minimum atomic E-state index is -0.264. The summed E-state index contributed by atoms with van der Waals surface area (Å²) >= 11 is 0. The third kappa shape index (κ3) is 3.76. The normalized spacial score (nSPS) is 11.1. The predicted molar refractivity (Wildman–Crippen MR) is 85.2 cm³/mol. The van der Waals surface area contributed by atoms with Crippen molar-refractivity contribution in [3.63, 3.8) is 0 Å². The maximum atomic E-state index is 13.0. The third-order valence-electron chi connectivity index (χ3n) is 3.62. The number of hydrogen-bond acceptors (Lipinski definition) is 4. The highest BCUT2D eigenvalue weighted by atomic mass is 19.1. The van der Waals surface area contributed by atoms with Crippen LogP contribution in [0.15, 0.2) is 59.3 Å². The van der Waals surface area contributed by atoms with E-state index in [0.717, 1.165) is 22.4 Å². The molecule has 0 saturated carbocycles. The Labute approximate surface area is 133 Å². The van der Waals surface area contributed by atoms with Gasteiger partial charge < -0.3 is 9.63 Å². The molecule has 3 aromatic rings. The summed E-state index contributed by atoms with van der Waals surface area (Å²) in [5, 5.41) is 14.0. The fraction of sp³-hybridized carbons (Fsp3) is 0.167. The number of rotatable bonds is 5. The van der Waals surface area contributed by atoms with Crippen molar-refractivity contribution in [3.8, 4) is 16.9 Å². The Morgan fingerprint density at radius 3 is 2.48 bits per heavy atom. The summed E-state index contributed by atoms with van der Waals surface area (Å²) in [6.45, 7) is 1.18. The molecule has 5 heteroatoms. The molecule has 0 amide bonds. The van der Waals surface area contributed by atoms with Gasteiger partial charge in [0, 0.05) is 24.7 Å². The molecule has 0 saturated heterocycles. The van der Waals surface area contributed by atoms with Crippen molar-refractivity contribution < 1.29 is 14.0 Å². The number of benzene rings is 2. The van der Waals surface area contributed by atoms with Crippen LogP contribution in [-0.2, 0) is 13.1 Å². The van der Waals surface area contributed by atoms with Crippen molar-refractivity contribution in [2.45, 2.75) is 13.1 Å². The lowest BCUT2D eigenvalue weighted by molar-refractivity contribution is 0.299. The van der Waals surface area contributed by atoms with Gasteiger partial charge in [0.25, 0.3) is 0 Å². The Hall–Kier alpha value is -2.66. The van der Waals surface area contributed by atoms with E-state index in [9.17, 15) is 9.50 Å². The average Bonchev–Trinajstić information content (AvgIpc) is 3.03. The first-order valence-corrected chi connectivity index (χ1v) is 7.27. The number of phenolic OH excluding ortho intramolecular Hbond substituents is 1. The van der Waals surface area contributed by atoms with Gasteiger partial charge in [-0.2, -0.15) is 0 Å². The second-order valence-corrected chi connectivity index (χ2v) is 5.51. The Kier molecular flexibility index (Phi) is 4.39. The number of halogens is 1. The molecule has 23 heavy (non-hydrogen) atoms. The Balaban J connectivity index is 1.78. The second kappa shape index (κ2) is 6.62. The molecule has 2 aromatic carbocycles. The molecule has 0 aliphatic rings. The average molecular weight is 312 g/mol. The lowest BCUT2D eigenvalue weighted by Gasteiger charge is -2.16. The van der Waals surface area contributed by atoms with E-state index in [1.165, 1.54) is 18.4 Å². The van der Waals surface area contributed by atoms with Gasteiger partial charge in [-0.3, -0.25) is 4.90 Å². The number of phenols is 1. The van der Waals surface area contributed by atoms with Crippen molar-refractivity contribution in [2.24, 2.45) is 0 Å². The zero-order chi connectivity index (χ0) is 16.2. The van der Waals surface area contributed by atoms with Gasteiger partial charge >= 0.3 is 0 Å². The maximum absolute atomic E-state index is 13.0. The van der Waals surface area contributed by atoms with Crippen LogP contribution in [0, 0.1) is 5.82 Å². The first-order chi connectivity index (χ1) is 11.1. The van der Waals surface area contributed by atoms with E-state index in [1.54, 1.807) is 18.2 Å². The van der Waals surface area contributed by atoms with Crippen molar-refractivity contribution in [2.75, 3.05) is 7.05 Å². The first kappa shape index (κ1) is 15.2. The van der Waals surface area contributed by atoms with Crippen molar-refractivity contribution in [1.29, 1.82) is 0 Å². The summed E-state index contributed by atoms with van der Waals surface area (Å²) in [7, 11) is 1.94. The molecule has 0 fully saturated rings. The molecule has 4 nitrogen and oxygen atoms in total. The van der Waals surface area contributed by atoms with Crippen LogP contribution in [0.3, 0.4) is 0 Å². The summed E-state index contributed by atoms with van der Waals surface area (Å²) in [5.41, 5.74) is 3.49. The van der Waals surface area contributed by atoms with E-state index in [4.69, 9.17) is 4.52 Å². The van der Waals surface area contributed by atoms with Gasteiger partial charge in [0.15, 0.2) is 0 Å². The van der Waals surface area contributed by atoms with Crippen LogP contribution in [-0.4, -0.2) is 22.2 Å². The lowest BCUT2D eigenvalue weighted by atomic mass is 10.0. The van der Waals surface area contributed by atoms with E-state index < -0.39 is 0 Å². The number of aromatic nitrogens is 1. The van der Waals surface area contributed by atoms with Crippen LogP contribution in [0.2, 0.25) is 0 Å². The zero-order valence-corrected chi connectivity index (χ0v) is 12.7. The molecule has 0 radical (unpaired) electrons. The lowest BCUT2D eigenvalue weighted by Crippen LogP contribution is -2.17. The number of nitrogens with zero attached hydrogens (tertiary/aromatic N) is 2. The molecular formula is C18H17FN2O2. The number of aromatic hydroxyl groups is 1. The Morgan fingerprint density at radius 1 is 1.04 bits per heavy atom. The fourth-order valence-electron chi connectivity index (χ4n) is 2.48. The first-order valence-electron chi connectivity index (χ1n) is 7.27. The maximum Gasteiger partial charge on any atom is 0.124 e. The van der Waals surface area contributed by atoms with E-state index in [1.807, 2.05) is 30.1 Å². The highest BCUT2D eigenvalue weighted by Gasteiger charge is 2.09. The number of hydrogen-bond donors (Lipinski definition) is 1. The van der Waals surface area contributed by atoms with Crippen LogP contribution in [0.5, 0.6) is 5.75 Å². The van der Waals surface area contributed by atoms with Gasteiger partial charge in [0.2, 0.25) is 0 Å². The van der Waals surface area contributed by atoms with Gasteiger partial charge in [0.1, 0.15) is 17.8 Å². The van der Waals surface area contributed by atoms with Gasteiger partial charge in [-0.1, -0.05) is 23.4 Å². The minimum Gasteiger partial charge on any atom is -0.508 e. The summed E-state index contributed by atoms with van der Waals surface area (Å²) < 4.78 is 17.9. The largest absolute Gasteiger partial charge is 0.508 e. The Morgan fingerprint density at radius 2 is 1.78 bits per heavy atom. The Bertz CT molecular complexity index is 770. The van der Waals surface area contributed by atoms with Gasteiger partial charge in [-0.15, -0.1) is 0 Å². The standard InChI is InChI=1S/C18H17FN2O2/c1-21(12-17-8-9-23-20-17)11-15-10-14(4-7-18(15)22)13-2-5-16(19)6-3-13/h2-10,22H,11-12H2,1H3. The zero-order valence-electron chi connectivity index (χ0n) is 12.7. The van der Waals surface area contributed by atoms with Gasteiger partial charge in [0.05, 0.1) is 5.69 Å². The van der Waals surface area contributed by atoms with Crippen LogP contribution < -0.4 is 0 Å². The smallest absolute Gasteiger partial charge is 0.124 e. The SMILES string of the molecule is CN(Cc1ccon1)Cc1cc(-c2ccc(F)cc2)ccc1O. The molecule has 0 bridgehead atoms. The third-order valence-corrected chi connectivity index (χ3v) is 3.62. The van der Waals surface area contributed by atoms with E-state index in [-0.39, 0.29) is 11.6 Å². The van der Waals surface area contributed by atoms with Crippen LogP contribution in [0.4, 0.5) is 4.39 Å². The highest BCUT2D eigenvalue weighted by molar-refractivity contribution is 5.65. The van der Waals surface area contributed by atoms with E-state index in [2.05, 4.69) is 5.16 Å². The molecular weight excluding hydrogens is 295 g/mol. The fourth-order valence-corrected chi connectivity index (χ4v) is 2.48. The van der Waals surface area contributed by atoms with Gasteiger partial charge in [-0.05, 0) is 42.4 Å². The second-order valence-electron chi connectivity index (χ2n) is 5.51. The van der Waals surface area contributed by atoms with E-state index >= 15 is 0 Å². The summed E-state index contributed by atoms with van der Waals surface area (Å²) in [5.74, 6) is -0.0250. The summed E-state index contributed by atoms with van der Waals surface area (Å²) in [6, 6.07) is 13.5. The quantitative estimate of drug-likeness (QED) is 0.778. The molecule has 1 aromatic heterocycles. The predicted octanol–water partition coefficient (Wildman–Crippen LogP) is 3.82. The molecule has 3 rings (SSSR count). The molecule has 1 heterocycles.